The minimum Gasteiger partial charge on any atom is -0.463 e. The Morgan fingerprint density at radius 3 is 2.52 bits per heavy atom. The molecule has 1 atom stereocenters. The van der Waals surface area contributed by atoms with Gasteiger partial charge >= 0.3 is 5.97 Å². The molecule has 4 rings (SSSR count). The van der Waals surface area contributed by atoms with Crippen molar-refractivity contribution < 1.29 is 14.5 Å². The molecule has 0 radical (unpaired) electrons. The van der Waals surface area contributed by atoms with Crippen molar-refractivity contribution in [2.45, 2.75) is 19.9 Å². The summed E-state index contributed by atoms with van der Waals surface area (Å²) in [6.07, 6.45) is 1.65. The second-order valence-electron chi connectivity index (χ2n) is 7.20. The van der Waals surface area contributed by atoms with Crippen molar-refractivity contribution in [3.05, 3.63) is 106 Å². The zero-order valence-corrected chi connectivity index (χ0v) is 19.2. The van der Waals surface area contributed by atoms with Crippen molar-refractivity contribution in [1.29, 1.82) is 0 Å². The van der Waals surface area contributed by atoms with Crippen LogP contribution in [0.4, 0.5) is 5.69 Å². The standard InChI is InChI=1S/C23H18ClN3O5S/c1-3-32-22(29)19-13(2)25-23-26(20(19)15-6-8-16(24)9-7-15)21(28)18(33-23)12-14-4-10-17(11-5-14)27(30)31/h4-12,20H,3H2,1-2H3/b18-12-/t20-/m1/s1. The molecule has 3 aromatic rings. The maximum atomic E-state index is 13.4. The minimum atomic E-state index is -0.725. The van der Waals surface area contributed by atoms with Crippen LogP contribution < -0.4 is 14.9 Å². The summed E-state index contributed by atoms with van der Waals surface area (Å²) in [4.78, 5) is 41.6. The van der Waals surface area contributed by atoms with Gasteiger partial charge in [0, 0.05) is 17.2 Å². The molecule has 1 aromatic heterocycles. The first kappa shape index (κ1) is 22.6. The number of halogens is 1. The quantitative estimate of drug-likeness (QED) is 0.314. The summed E-state index contributed by atoms with van der Waals surface area (Å²) in [5.74, 6) is -0.539. The fourth-order valence-corrected chi connectivity index (χ4v) is 4.77. The predicted molar refractivity (Wildman–Crippen MR) is 125 cm³/mol. The van der Waals surface area contributed by atoms with E-state index in [-0.39, 0.29) is 23.4 Å². The molecule has 0 amide bonds. The molecule has 2 heterocycles. The van der Waals surface area contributed by atoms with Crippen LogP contribution in [0.1, 0.15) is 31.0 Å². The number of ether oxygens (including phenoxy) is 1. The van der Waals surface area contributed by atoms with Gasteiger partial charge in [0.25, 0.3) is 11.2 Å². The summed E-state index contributed by atoms with van der Waals surface area (Å²) >= 11 is 7.23. The number of carbonyl (C=O) groups is 1. The number of aromatic nitrogens is 1. The summed E-state index contributed by atoms with van der Waals surface area (Å²) in [6, 6.07) is 12.1. The van der Waals surface area contributed by atoms with E-state index in [1.54, 1.807) is 56.3 Å². The lowest BCUT2D eigenvalue weighted by Crippen LogP contribution is -2.39. The van der Waals surface area contributed by atoms with Crippen molar-refractivity contribution >= 4 is 40.7 Å². The first-order valence-electron chi connectivity index (χ1n) is 9.99. The molecule has 1 aliphatic rings. The van der Waals surface area contributed by atoms with Gasteiger partial charge < -0.3 is 4.74 Å². The third-order valence-corrected chi connectivity index (χ3v) is 6.34. The van der Waals surface area contributed by atoms with E-state index in [0.29, 0.717) is 31.2 Å². The number of nitrogens with zero attached hydrogens (tertiary/aromatic N) is 3. The number of esters is 1. The SMILES string of the molecule is CCOC(=O)C1=C(C)N=c2s/c(=C\c3ccc([N+](=O)[O-])cc3)c(=O)n2[C@@H]1c1ccc(Cl)cc1. The number of benzene rings is 2. The molecular formula is C23H18ClN3O5S. The van der Waals surface area contributed by atoms with E-state index in [1.165, 1.54) is 28.0 Å². The third kappa shape index (κ3) is 4.37. The highest BCUT2D eigenvalue weighted by Gasteiger charge is 2.33. The molecule has 0 saturated carbocycles. The van der Waals surface area contributed by atoms with Crippen molar-refractivity contribution in [1.82, 2.24) is 4.57 Å². The Hall–Kier alpha value is -3.56. The maximum absolute atomic E-state index is 13.4. The van der Waals surface area contributed by atoms with Crippen LogP contribution >= 0.6 is 22.9 Å². The van der Waals surface area contributed by atoms with Crippen molar-refractivity contribution in [2.75, 3.05) is 6.61 Å². The van der Waals surface area contributed by atoms with E-state index in [4.69, 9.17) is 16.3 Å². The lowest BCUT2D eigenvalue weighted by molar-refractivity contribution is -0.384. The Bertz CT molecular complexity index is 1450. The molecule has 2 aromatic carbocycles. The molecule has 33 heavy (non-hydrogen) atoms. The molecule has 0 fully saturated rings. The van der Waals surface area contributed by atoms with Crippen molar-refractivity contribution in [3.8, 4) is 0 Å². The maximum Gasteiger partial charge on any atom is 0.338 e. The molecule has 10 heteroatoms. The van der Waals surface area contributed by atoms with Gasteiger partial charge in [-0.1, -0.05) is 35.1 Å². The van der Waals surface area contributed by atoms with Crippen LogP contribution in [0.2, 0.25) is 5.02 Å². The number of non-ortho nitro benzene ring substituents is 1. The van der Waals surface area contributed by atoms with Gasteiger partial charge in [-0.3, -0.25) is 19.5 Å². The van der Waals surface area contributed by atoms with Gasteiger partial charge in [0.05, 0.1) is 33.4 Å². The highest BCUT2D eigenvalue weighted by atomic mass is 35.5. The normalized spacial score (nSPS) is 15.7. The van der Waals surface area contributed by atoms with E-state index in [1.807, 2.05) is 0 Å². The number of fused-ring (bicyclic) bond motifs is 1. The average Bonchev–Trinajstić information content (AvgIpc) is 3.08. The molecule has 0 N–H and O–H groups in total. The first-order chi connectivity index (χ1) is 15.8. The lowest BCUT2D eigenvalue weighted by Gasteiger charge is -2.24. The predicted octanol–water partition coefficient (Wildman–Crippen LogP) is 3.36. The second kappa shape index (κ2) is 9.13. The fraction of sp³-hybridized carbons (Fsp3) is 0.174. The smallest absolute Gasteiger partial charge is 0.338 e. The molecular weight excluding hydrogens is 466 g/mol. The molecule has 0 unspecified atom stereocenters. The van der Waals surface area contributed by atoms with Crippen LogP contribution in [0.15, 0.2) is 69.6 Å². The zero-order chi connectivity index (χ0) is 23.7. The van der Waals surface area contributed by atoms with Crippen molar-refractivity contribution in [3.63, 3.8) is 0 Å². The van der Waals surface area contributed by atoms with E-state index in [9.17, 15) is 19.7 Å². The molecule has 168 valence electrons. The number of carbonyl (C=O) groups excluding carboxylic acids is 1. The Balaban J connectivity index is 1.90. The van der Waals surface area contributed by atoms with Gasteiger partial charge in [-0.25, -0.2) is 9.79 Å². The summed E-state index contributed by atoms with van der Waals surface area (Å²) in [7, 11) is 0. The van der Waals surface area contributed by atoms with Crippen LogP contribution in [-0.2, 0) is 9.53 Å². The highest BCUT2D eigenvalue weighted by molar-refractivity contribution is 7.07. The monoisotopic (exact) mass is 483 g/mol. The van der Waals surface area contributed by atoms with Crippen molar-refractivity contribution in [2.24, 2.45) is 4.99 Å². The van der Waals surface area contributed by atoms with Gasteiger partial charge in [-0.2, -0.15) is 0 Å². The average molecular weight is 484 g/mol. The van der Waals surface area contributed by atoms with Gasteiger partial charge in [0.1, 0.15) is 0 Å². The largest absolute Gasteiger partial charge is 0.463 e. The first-order valence-corrected chi connectivity index (χ1v) is 11.2. The van der Waals surface area contributed by atoms with Gasteiger partial charge in [-0.15, -0.1) is 0 Å². The number of hydrogen-bond acceptors (Lipinski definition) is 7. The third-order valence-electron chi connectivity index (χ3n) is 5.10. The summed E-state index contributed by atoms with van der Waals surface area (Å²) in [5, 5.41) is 11.4. The molecule has 1 aliphatic heterocycles. The van der Waals surface area contributed by atoms with E-state index >= 15 is 0 Å². The summed E-state index contributed by atoms with van der Waals surface area (Å²) in [6.45, 7) is 3.61. The zero-order valence-electron chi connectivity index (χ0n) is 17.6. The fourth-order valence-electron chi connectivity index (χ4n) is 3.60. The number of nitro groups is 1. The Kier molecular flexibility index (Phi) is 6.26. The van der Waals surface area contributed by atoms with Gasteiger partial charge in [0.2, 0.25) is 0 Å². The van der Waals surface area contributed by atoms with Gasteiger partial charge in [-0.05, 0) is 55.3 Å². The number of hydrogen-bond donors (Lipinski definition) is 0. The Morgan fingerprint density at radius 1 is 1.24 bits per heavy atom. The number of nitro benzene ring substituents is 1. The highest BCUT2D eigenvalue weighted by Crippen LogP contribution is 2.31. The lowest BCUT2D eigenvalue weighted by atomic mass is 9.96. The summed E-state index contributed by atoms with van der Waals surface area (Å²) < 4.78 is 7.12. The van der Waals surface area contributed by atoms with Crippen LogP contribution in [0.25, 0.3) is 6.08 Å². The van der Waals surface area contributed by atoms with Crippen LogP contribution in [0.5, 0.6) is 0 Å². The van der Waals surface area contributed by atoms with Gasteiger partial charge in [0.15, 0.2) is 4.80 Å². The van der Waals surface area contributed by atoms with Crippen LogP contribution in [0, 0.1) is 10.1 Å². The molecule has 0 aliphatic carbocycles. The topological polar surface area (TPSA) is 104 Å². The minimum absolute atomic E-state index is 0.0361. The molecule has 0 saturated heterocycles. The molecule has 0 bridgehead atoms. The number of rotatable bonds is 5. The summed E-state index contributed by atoms with van der Waals surface area (Å²) in [5.41, 5.74) is 1.72. The molecule has 8 nitrogen and oxygen atoms in total. The Morgan fingerprint density at radius 2 is 1.91 bits per heavy atom. The Labute approximate surface area is 196 Å². The number of thiazole rings is 1. The van der Waals surface area contributed by atoms with E-state index in [0.717, 1.165) is 0 Å². The number of allylic oxidation sites excluding steroid dienone is 1. The van der Waals surface area contributed by atoms with Crippen LogP contribution in [-0.4, -0.2) is 22.1 Å². The van der Waals surface area contributed by atoms with E-state index in [2.05, 4.69) is 4.99 Å². The van der Waals surface area contributed by atoms with Crippen LogP contribution in [0.3, 0.4) is 0 Å². The van der Waals surface area contributed by atoms with E-state index < -0.39 is 16.9 Å². The second-order valence-corrected chi connectivity index (χ2v) is 8.65. The molecule has 0 spiro atoms.